The highest BCUT2D eigenvalue weighted by Gasteiger charge is 2.35. The predicted molar refractivity (Wildman–Crippen MR) is 27.8 cm³/mol. The molecular formula is C6H7F2N. The first-order valence-corrected chi connectivity index (χ1v) is 2.92. The Morgan fingerprint density at radius 2 is 2.00 bits per heavy atom. The van der Waals surface area contributed by atoms with Crippen molar-refractivity contribution in [1.29, 1.82) is 5.26 Å². The minimum atomic E-state index is -2.21. The molecule has 0 saturated heterocycles. The maximum Gasteiger partial charge on any atom is 0.241 e. The highest BCUT2D eigenvalue weighted by molar-refractivity contribution is 4.94. The number of hydrogen-bond donors (Lipinski definition) is 0. The van der Waals surface area contributed by atoms with E-state index in [2.05, 4.69) is 0 Å². The minimum absolute atomic E-state index is 0.0935. The average Bonchev–Trinajstić information content (AvgIpc) is 1.61. The van der Waals surface area contributed by atoms with Crippen molar-refractivity contribution in [3.63, 3.8) is 0 Å². The number of rotatable bonds is 1. The number of nitriles is 1. The van der Waals surface area contributed by atoms with E-state index in [0.29, 0.717) is 12.8 Å². The molecule has 1 saturated carbocycles. The SMILES string of the molecule is N#CC1CC(C(F)F)C1. The molecule has 0 amide bonds. The summed E-state index contributed by atoms with van der Waals surface area (Å²) in [5.41, 5.74) is 0. The van der Waals surface area contributed by atoms with E-state index in [0.717, 1.165) is 0 Å². The van der Waals surface area contributed by atoms with Gasteiger partial charge in [-0.2, -0.15) is 5.26 Å². The highest BCUT2D eigenvalue weighted by atomic mass is 19.3. The molecule has 1 aliphatic rings. The van der Waals surface area contributed by atoms with E-state index >= 15 is 0 Å². The van der Waals surface area contributed by atoms with Crippen LogP contribution in [0, 0.1) is 23.2 Å². The zero-order valence-electron chi connectivity index (χ0n) is 4.85. The normalized spacial score (nSPS) is 33.6. The monoisotopic (exact) mass is 131 g/mol. The maximum absolute atomic E-state index is 11.7. The lowest BCUT2D eigenvalue weighted by molar-refractivity contribution is 0.0170. The summed E-state index contributed by atoms with van der Waals surface area (Å²) < 4.78 is 23.4. The smallest absolute Gasteiger partial charge is 0.210 e. The standard InChI is InChI=1S/C6H7F2N/c7-6(8)5-1-4(2-5)3-9/h4-6H,1-2H2. The van der Waals surface area contributed by atoms with Gasteiger partial charge in [-0.05, 0) is 12.8 Å². The first kappa shape index (κ1) is 6.47. The Balaban J connectivity index is 2.21. The van der Waals surface area contributed by atoms with E-state index in [1.54, 1.807) is 0 Å². The van der Waals surface area contributed by atoms with Crippen molar-refractivity contribution in [3.05, 3.63) is 0 Å². The van der Waals surface area contributed by atoms with Crippen LogP contribution in [0.4, 0.5) is 8.78 Å². The van der Waals surface area contributed by atoms with E-state index in [1.165, 1.54) is 0 Å². The Kier molecular flexibility index (Phi) is 1.65. The van der Waals surface area contributed by atoms with E-state index in [4.69, 9.17) is 5.26 Å². The molecule has 0 atom stereocenters. The van der Waals surface area contributed by atoms with E-state index < -0.39 is 12.3 Å². The lowest BCUT2D eigenvalue weighted by Crippen LogP contribution is -2.27. The first-order chi connectivity index (χ1) is 4.24. The second kappa shape index (κ2) is 2.30. The van der Waals surface area contributed by atoms with Gasteiger partial charge in [-0.1, -0.05) is 0 Å². The summed E-state index contributed by atoms with van der Waals surface area (Å²) in [6.45, 7) is 0. The van der Waals surface area contributed by atoms with Crippen LogP contribution in [0.2, 0.25) is 0 Å². The molecule has 3 heteroatoms. The number of hydrogen-bond acceptors (Lipinski definition) is 1. The van der Waals surface area contributed by atoms with Gasteiger partial charge in [-0.25, -0.2) is 8.78 Å². The lowest BCUT2D eigenvalue weighted by atomic mass is 9.76. The fraction of sp³-hybridized carbons (Fsp3) is 0.833. The second-order valence-corrected chi connectivity index (χ2v) is 2.39. The van der Waals surface area contributed by atoms with Gasteiger partial charge >= 0.3 is 0 Å². The van der Waals surface area contributed by atoms with Crippen LogP contribution in [-0.2, 0) is 0 Å². The van der Waals surface area contributed by atoms with Crippen LogP contribution in [0.5, 0.6) is 0 Å². The van der Waals surface area contributed by atoms with E-state index in [9.17, 15) is 8.78 Å². The zero-order valence-corrected chi connectivity index (χ0v) is 4.85. The highest BCUT2D eigenvalue weighted by Crippen LogP contribution is 2.36. The number of nitrogens with zero attached hydrogens (tertiary/aromatic N) is 1. The van der Waals surface area contributed by atoms with Gasteiger partial charge in [0.15, 0.2) is 0 Å². The van der Waals surface area contributed by atoms with Crippen molar-refractivity contribution in [1.82, 2.24) is 0 Å². The Morgan fingerprint density at radius 1 is 1.44 bits per heavy atom. The average molecular weight is 131 g/mol. The molecule has 0 spiro atoms. The lowest BCUT2D eigenvalue weighted by Gasteiger charge is -2.29. The summed E-state index contributed by atoms with van der Waals surface area (Å²) in [4.78, 5) is 0. The van der Waals surface area contributed by atoms with Gasteiger partial charge in [-0.15, -0.1) is 0 Å². The van der Waals surface area contributed by atoms with Crippen LogP contribution >= 0.6 is 0 Å². The number of alkyl halides is 2. The number of halogens is 2. The summed E-state index contributed by atoms with van der Waals surface area (Å²) in [6.07, 6.45) is -1.42. The third kappa shape index (κ3) is 1.18. The molecule has 1 fully saturated rings. The summed E-state index contributed by atoms with van der Waals surface area (Å²) in [5.74, 6) is -0.585. The van der Waals surface area contributed by atoms with Crippen molar-refractivity contribution in [2.24, 2.45) is 11.8 Å². The van der Waals surface area contributed by atoms with Crippen LogP contribution in [0.25, 0.3) is 0 Å². The fourth-order valence-corrected chi connectivity index (χ4v) is 0.973. The minimum Gasteiger partial charge on any atom is -0.210 e. The van der Waals surface area contributed by atoms with Crippen LogP contribution < -0.4 is 0 Å². The van der Waals surface area contributed by atoms with Crippen molar-refractivity contribution in [2.45, 2.75) is 19.3 Å². The molecule has 0 heterocycles. The molecule has 1 nitrogen and oxygen atoms in total. The molecule has 0 aromatic rings. The Labute approximate surface area is 52.3 Å². The van der Waals surface area contributed by atoms with Gasteiger partial charge in [0.05, 0.1) is 6.07 Å². The van der Waals surface area contributed by atoms with E-state index in [1.807, 2.05) is 6.07 Å². The molecule has 0 aromatic heterocycles. The molecule has 1 aliphatic carbocycles. The summed E-state index contributed by atoms with van der Waals surface area (Å²) in [6, 6.07) is 1.95. The predicted octanol–water partition coefficient (Wildman–Crippen LogP) is 1.80. The Hall–Kier alpha value is -0.650. The molecule has 0 N–H and O–H groups in total. The summed E-state index contributed by atoms with van der Waals surface area (Å²) in [5, 5.41) is 8.19. The largest absolute Gasteiger partial charge is 0.241 e. The molecule has 9 heavy (non-hydrogen) atoms. The van der Waals surface area contributed by atoms with Gasteiger partial charge in [0, 0.05) is 11.8 Å². The third-order valence-corrected chi connectivity index (χ3v) is 1.71. The van der Waals surface area contributed by atoms with Gasteiger partial charge in [0.1, 0.15) is 0 Å². The van der Waals surface area contributed by atoms with Gasteiger partial charge in [-0.3, -0.25) is 0 Å². The third-order valence-electron chi connectivity index (χ3n) is 1.71. The van der Waals surface area contributed by atoms with Gasteiger partial charge in [0.25, 0.3) is 0 Å². The zero-order chi connectivity index (χ0) is 6.85. The van der Waals surface area contributed by atoms with Crippen molar-refractivity contribution in [2.75, 3.05) is 0 Å². The molecule has 1 rings (SSSR count). The Bertz CT molecular complexity index is 132. The van der Waals surface area contributed by atoms with Crippen LogP contribution in [0.1, 0.15) is 12.8 Å². The summed E-state index contributed by atoms with van der Waals surface area (Å²) >= 11 is 0. The molecule has 0 bridgehead atoms. The van der Waals surface area contributed by atoms with Crippen LogP contribution in [-0.4, -0.2) is 6.43 Å². The quantitative estimate of drug-likeness (QED) is 0.532. The van der Waals surface area contributed by atoms with Crippen molar-refractivity contribution < 1.29 is 8.78 Å². The summed E-state index contributed by atoms with van der Waals surface area (Å²) in [7, 11) is 0. The fourth-order valence-electron chi connectivity index (χ4n) is 0.973. The van der Waals surface area contributed by atoms with Gasteiger partial charge in [0.2, 0.25) is 6.43 Å². The van der Waals surface area contributed by atoms with Crippen LogP contribution in [0.3, 0.4) is 0 Å². The van der Waals surface area contributed by atoms with E-state index in [-0.39, 0.29) is 5.92 Å². The molecule has 0 unspecified atom stereocenters. The first-order valence-electron chi connectivity index (χ1n) is 2.92. The van der Waals surface area contributed by atoms with Gasteiger partial charge < -0.3 is 0 Å². The molecular weight excluding hydrogens is 124 g/mol. The van der Waals surface area contributed by atoms with Crippen LogP contribution in [0.15, 0.2) is 0 Å². The maximum atomic E-state index is 11.7. The molecule has 0 aliphatic heterocycles. The van der Waals surface area contributed by atoms with Crippen molar-refractivity contribution in [3.8, 4) is 6.07 Å². The topological polar surface area (TPSA) is 23.8 Å². The molecule has 50 valence electrons. The molecule has 0 aromatic carbocycles. The second-order valence-electron chi connectivity index (χ2n) is 2.39. The molecule has 0 radical (unpaired) electrons. The Morgan fingerprint density at radius 3 is 2.33 bits per heavy atom. The van der Waals surface area contributed by atoms with Crippen molar-refractivity contribution >= 4 is 0 Å².